The van der Waals surface area contributed by atoms with Crippen LogP contribution >= 0.6 is 15.9 Å². The molecule has 33 heavy (non-hydrogen) atoms. The van der Waals surface area contributed by atoms with Gasteiger partial charge in [-0.2, -0.15) is 0 Å². The highest BCUT2D eigenvalue weighted by Gasteiger charge is 2.29. The van der Waals surface area contributed by atoms with E-state index >= 15 is 0 Å². The van der Waals surface area contributed by atoms with Crippen LogP contribution in [0.25, 0.3) is 0 Å². The zero-order valence-electron chi connectivity index (χ0n) is 20.7. The van der Waals surface area contributed by atoms with E-state index in [0.717, 1.165) is 22.0 Å². The van der Waals surface area contributed by atoms with Crippen LogP contribution < -0.4 is 10.1 Å². The van der Waals surface area contributed by atoms with Crippen LogP contribution in [0.2, 0.25) is 0 Å². The smallest absolute Gasteiger partial charge is 0.261 e. The second-order valence-corrected chi connectivity index (χ2v) is 10.2. The number of nitrogens with zero attached hydrogens (tertiary/aromatic N) is 1. The molecule has 2 aromatic carbocycles. The number of carbonyl (C=O) groups excluding carboxylic acids is 2. The van der Waals surface area contributed by atoms with Crippen molar-refractivity contribution in [1.82, 2.24) is 10.2 Å². The summed E-state index contributed by atoms with van der Waals surface area (Å²) >= 11 is 3.57. The average molecular weight is 518 g/mol. The first-order valence-corrected chi connectivity index (χ1v) is 12.4. The fourth-order valence-electron chi connectivity index (χ4n) is 3.56. The van der Waals surface area contributed by atoms with Crippen molar-refractivity contribution >= 4 is 27.7 Å². The molecule has 0 aliphatic rings. The van der Waals surface area contributed by atoms with Crippen molar-refractivity contribution in [2.45, 2.75) is 72.4 Å². The minimum absolute atomic E-state index is 0.0153. The molecule has 6 heteroatoms. The standard InChI is InChI=1S/C27H37BrN2O3/c1-7-15-29-26(32)23(8-2)30(17-20-12-10-9-11-19(20)3)25(31)18-33-24-14-13-21(16-22(24)28)27(4,5)6/h9-14,16,23H,7-8,15,17-18H2,1-6H3,(H,29,32)/t23-/m0/s1. The van der Waals surface area contributed by atoms with Crippen molar-refractivity contribution in [1.29, 1.82) is 0 Å². The van der Waals surface area contributed by atoms with E-state index in [1.54, 1.807) is 4.90 Å². The van der Waals surface area contributed by atoms with Crippen LogP contribution in [0.3, 0.4) is 0 Å². The van der Waals surface area contributed by atoms with Gasteiger partial charge >= 0.3 is 0 Å². The molecule has 2 rings (SSSR count). The van der Waals surface area contributed by atoms with E-state index in [9.17, 15) is 9.59 Å². The highest BCUT2D eigenvalue weighted by Crippen LogP contribution is 2.31. The Kier molecular flexibility index (Phi) is 9.96. The van der Waals surface area contributed by atoms with Crippen molar-refractivity contribution < 1.29 is 14.3 Å². The first-order valence-electron chi connectivity index (χ1n) is 11.6. The van der Waals surface area contributed by atoms with Crippen LogP contribution in [0.15, 0.2) is 46.9 Å². The fourth-order valence-corrected chi connectivity index (χ4v) is 4.06. The SMILES string of the molecule is CCCNC(=O)[C@H](CC)N(Cc1ccccc1C)C(=O)COc1ccc(C(C)(C)C)cc1Br. The molecule has 0 aliphatic carbocycles. The first-order chi connectivity index (χ1) is 15.6. The minimum Gasteiger partial charge on any atom is -0.483 e. The summed E-state index contributed by atoms with van der Waals surface area (Å²) in [6.45, 7) is 13.2. The third-order valence-corrected chi connectivity index (χ3v) is 6.31. The summed E-state index contributed by atoms with van der Waals surface area (Å²) in [6.07, 6.45) is 1.37. The lowest BCUT2D eigenvalue weighted by atomic mass is 9.87. The van der Waals surface area contributed by atoms with E-state index in [1.165, 1.54) is 5.56 Å². The van der Waals surface area contributed by atoms with E-state index in [2.05, 4.69) is 42.0 Å². The van der Waals surface area contributed by atoms with Gasteiger partial charge in [0.25, 0.3) is 5.91 Å². The lowest BCUT2D eigenvalue weighted by Crippen LogP contribution is -2.50. The number of ether oxygens (including phenoxy) is 1. The maximum Gasteiger partial charge on any atom is 0.261 e. The Morgan fingerprint density at radius 1 is 1.12 bits per heavy atom. The van der Waals surface area contributed by atoms with Gasteiger partial charge in [-0.3, -0.25) is 9.59 Å². The molecule has 5 nitrogen and oxygen atoms in total. The minimum atomic E-state index is -0.557. The number of benzene rings is 2. The van der Waals surface area contributed by atoms with Crippen molar-refractivity contribution in [2.75, 3.05) is 13.2 Å². The van der Waals surface area contributed by atoms with Crippen molar-refractivity contribution in [3.8, 4) is 5.75 Å². The normalized spacial score (nSPS) is 12.2. The number of rotatable bonds is 10. The summed E-state index contributed by atoms with van der Waals surface area (Å²) in [4.78, 5) is 27.9. The van der Waals surface area contributed by atoms with Gasteiger partial charge in [-0.1, -0.05) is 65.0 Å². The second kappa shape index (κ2) is 12.2. The van der Waals surface area contributed by atoms with Gasteiger partial charge in [-0.15, -0.1) is 0 Å². The quantitative estimate of drug-likeness (QED) is 0.436. The summed E-state index contributed by atoms with van der Waals surface area (Å²) in [5.74, 6) is 0.260. The van der Waals surface area contributed by atoms with Crippen LogP contribution in [-0.4, -0.2) is 35.9 Å². The third-order valence-electron chi connectivity index (χ3n) is 5.69. The number of aryl methyl sites for hydroxylation is 1. The molecule has 180 valence electrons. The Hall–Kier alpha value is -2.34. The highest BCUT2D eigenvalue weighted by atomic mass is 79.9. The van der Waals surface area contributed by atoms with E-state index in [1.807, 2.05) is 63.2 Å². The molecule has 0 bridgehead atoms. The number of amides is 2. The molecule has 2 aromatic rings. The molecule has 0 radical (unpaired) electrons. The molecule has 0 aromatic heterocycles. The molecule has 0 saturated heterocycles. The average Bonchev–Trinajstić information content (AvgIpc) is 2.77. The fraction of sp³-hybridized carbons (Fsp3) is 0.481. The number of carbonyl (C=O) groups is 2. The molecule has 0 fully saturated rings. The van der Waals surface area contributed by atoms with Gasteiger partial charge in [0.2, 0.25) is 5.91 Å². The molecule has 1 atom stereocenters. The molecule has 0 spiro atoms. The van der Waals surface area contributed by atoms with Gasteiger partial charge in [-0.05, 0) is 69.9 Å². The molecule has 0 saturated carbocycles. The maximum atomic E-state index is 13.4. The zero-order valence-corrected chi connectivity index (χ0v) is 22.3. The number of hydrogen-bond acceptors (Lipinski definition) is 3. The Bertz CT molecular complexity index is 953. The summed E-state index contributed by atoms with van der Waals surface area (Å²) < 4.78 is 6.71. The van der Waals surface area contributed by atoms with E-state index in [-0.39, 0.29) is 23.8 Å². The monoisotopic (exact) mass is 516 g/mol. The van der Waals surface area contributed by atoms with Crippen molar-refractivity contribution in [3.63, 3.8) is 0 Å². The van der Waals surface area contributed by atoms with Gasteiger partial charge in [0.1, 0.15) is 11.8 Å². The summed E-state index contributed by atoms with van der Waals surface area (Å²) in [6, 6.07) is 13.3. The largest absolute Gasteiger partial charge is 0.483 e. The van der Waals surface area contributed by atoms with E-state index < -0.39 is 6.04 Å². The van der Waals surface area contributed by atoms with E-state index in [0.29, 0.717) is 25.3 Å². The van der Waals surface area contributed by atoms with Crippen LogP contribution in [-0.2, 0) is 21.5 Å². The van der Waals surface area contributed by atoms with Gasteiger partial charge in [0, 0.05) is 13.1 Å². The maximum absolute atomic E-state index is 13.4. The number of nitrogens with one attached hydrogen (secondary N) is 1. The third kappa shape index (κ3) is 7.60. The molecule has 0 aliphatic heterocycles. The van der Waals surface area contributed by atoms with Crippen LogP contribution in [0.4, 0.5) is 0 Å². The summed E-state index contributed by atoms with van der Waals surface area (Å²) in [5, 5.41) is 2.94. The predicted octanol–water partition coefficient (Wildman–Crippen LogP) is 5.77. The van der Waals surface area contributed by atoms with Gasteiger partial charge in [-0.25, -0.2) is 0 Å². The predicted molar refractivity (Wildman–Crippen MR) is 137 cm³/mol. The van der Waals surface area contributed by atoms with Gasteiger partial charge < -0.3 is 15.0 Å². The van der Waals surface area contributed by atoms with Crippen LogP contribution in [0.5, 0.6) is 5.75 Å². The van der Waals surface area contributed by atoms with Crippen molar-refractivity contribution in [3.05, 3.63) is 63.6 Å². The summed E-state index contributed by atoms with van der Waals surface area (Å²) in [5.41, 5.74) is 3.29. The van der Waals surface area contributed by atoms with Crippen LogP contribution in [0, 0.1) is 6.92 Å². The Balaban J connectivity index is 2.24. The molecule has 0 heterocycles. The van der Waals surface area contributed by atoms with Gasteiger partial charge in [0.15, 0.2) is 6.61 Å². The van der Waals surface area contributed by atoms with Crippen LogP contribution in [0.1, 0.15) is 64.2 Å². The van der Waals surface area contributed by atoms with Gasteiger partial charge in [0.05, 0.1) is 4.47 Å². The molecular formula is C27H37BrN2O3. The van der Waals surface area contributed by atoms with E-state index in [4.69, 9.17) is 4.74 Å². The first kappa shape index (κ1) is 26.9. The Morgan fingerprint density at radius 2 is 1.82 bits per heavy atom. The second-order valence-electron chi connectivity index (χ2n) is 9.35. The molecule has 0 unspecified atom stereocenters. The lowest BCUT2D eigenvalue weighted by Gasteiger charge is -2.31. The highest BCUT2D eigenvalue weighted by molar-refractivity contribution is 9.10. The summed E-state index contributed by atoms with van der Waals surface area (Å²) in [7, 11) is 0. The topological polar surface area (TPSA) is 58.6 Å². The molecule has 2 amide bonds. The van der Waals surface area contributed by atoms with Crippen molar-refractivity contribution in [2.24, 2.45) is 0 Å². The zero-order chi connectivity index (χ0) is 24.6. The lowest BCUT2D eigenvalue weighted by molar-refractivity contribution is -0.143. The molecule has 1 N–H and O–H groups in total. The number of halogens is 1. The molecular weight excluding hydrogens is 480 g/mol. The number of hydrogen-bond donors (Lipinski definition) is 1. The Morgan fingerprint density at radius 3 is 2.39 bits per heavy atom. The Labute approximate surface area is 207 Å².